The van der Waals surface area contributed by atoms with E-state index < -0.39 is 12.2 Å². The molecule has 4 nitrogen and oxygen atoms in total. The zero-order valence-electron chi connectivity index (χ0n) is 11.5. The monoisotopic (exact) mass is 268 g/mol. The molecule has 0 saturated heterocycles. The fourth-order valence-corrected chi connectivity index (χ4v) is 1.75. The van der Waals surface area contributed by atoms with Gasteiger partial charge in [-0.2, -0.15) is 0 Å². The van der Waals surface area contributed by atoms with Crippen LogP contribution in [0.15, 0.2) is 24.3 Å². The van der Waals surface area contributed by atoms with Crippen LogP contribution < -0.4 is 0 Å². The highest BCUT2D eigenvalue weighted by atomic mass is 16.5. The van der Waals surface area contributed by atoms with Crippen LogP contribution >= 0.6 is 0 Å². The molecule has 1 saturated carbocycles. The Bertz CT molecular complexity index is 318. The van der Waals surface area contributed by atoms with Crippen molar-refractivity contribution in [3.05, 3.63) is 24.3 Å². The van der Waals surface area contributed by atoms with Crippen LogP contribution in [-0.4, -0.2) is 35.0 Å². The smallest absolute Gasteiger partial charge is 0.305 e. The van der Waals surface area contributed by atoms with Crippen molar-refractivity contribution in [2.75, 3.05) is 6.61 Å². The Balaban J connectivity index is 2.12. The number of aliphatic hydroxyl groups is 2. The van der Waals surface area contributed by atoms with Crippen LogP contribution in [0.1, 0.15) is 39.0 Å². The Morgan fingerprint density at radius 3 is 2.47 bits per heavy atom. The summed E-state index contributed by atoms with van der Waals surface area (Å²) in [6.45, 7) is 2.12. The molecule has 1 rings (SSSR count). The number of hydrogen-bond acceptors (Lipinski definition) is 4. The van der Waals surface area contributed by atoms with Crippen LogP contribution in [0.5, 0.6) is 0 Å². The topological polar surface area (TPSA) is 66.8 Å². The number of aliphatic hydroxyl groups excluding tert-OH is 2. The number of hydrogen-bond donors (Lipinski definition) is 2. The molecule has 1 fully saturated rings. The van der Waals surface area contributed by atoms with Gasteiger partial charge in [-0.05, 0) is 25.7 Å². The van der Waals surface area contributed by atoms with Crippen molar-refractivity contribution in [3.8, 4) is 0 Å². The number of allylic oxidation sites excluding steroid dienone is 2. The second kappa shape index (κ2) is 8.88. The third-order valence-electron chi connectivity index (χ3n) is 3.00. The van der Waals surface area contributed by atoms with E-state index in [4.69, 9.17) is 4.74 Å². The van der Waals surface area contributed by atoms with E-state index >= 15 is 0 Å². The molecule has 19 heavy (non-hydrogen) atoms. The van der Waals surface area contributed by atoms with Gasteiger partial charge in [0.05, 0.1) is 18.8 Å². The van der Waals surface area contributed by atoms with Crippen LogP contribution in [0, 0.1) is 5.92 Å². The van der Waals surface area contributed by atoms with Gasteiger partial charge in [0.15, 0.2) is 0 Å². The van der Waals surface area contributed by atoms with E-state index in [1.807, 2.05) is 0 Å². The first kappa shape index (κ1) is 15.9. The van der Waals surface area contributed by atoms with Crippen LogP contribution in [0.4, 0.5) is 0 Å². The van der Waals surface area contributed by atoms with Gasteiger partial charge in [0.25, 0.3) is 0 Å². The molecule has 4 heteroatoms. The standard InChI is InChI=1S/C15H24O4/c1-2-19-15(18)10-9-13(16)5-3-4-6-14(17)11-12-7-8-12/h3-6,12-14,16-17H,2,7-11H2,1H3/b5-3+,6-4+/t13-,14+/m1/s1. The van der Waals surface area contributed by atoms with Crippen LogP contribution in [0.25, 0.3) is 0 Å². The van der Waals surface area contributed by atoms with Gasteiger partial charge >= 0.3 is 5.97 Å². The Morgan fingerprint density at radius 1 is 1.26 bits per heavy atom. The highest BCUT2D eigenvalue weighted by molar-refractivity contribution is 5.69. The summed E-state index contributed by atoms with van der Waals surface area (Å²) in [5.41, 5.74) is 0. The van der Waals surface area contributed by atoms with E-state index in [1.165, 1.54) is 12.8 Å². The quantitative estimate of drug-likeness (QED) is 0.495. The van der Waals surface area contributed by atoms with Gasteiger partial charge in [0.1, 0.15) is 0 Å². The van der Waals surface area contributed by atoms with E-state index in [9.17, 15) is 15.0 Å². The average Bonchev–Trinajstić information content (AvgIpc) is 3.16. The first-order valence-electron chi connectivity index (χ1n) is 6.98. The van der Waals surface area contributed by atoms with Gasteiger partial charge in [-0.1, -0.05) is 37.1 Å². The molecule has 1 aliphatic carbocycles. The lowest BCUT2D eigenvalue weighted by molar-refractivity contribution is -0.143. The van der Waals surface area contributed by atoms with Crippen molar-refractivity contribution in [2.45, 2.75) is 51.2 Å². The van der Waals surface area contributed by atoms with E-state index in [1.54, 1.807) is 31.2 Å². The maximum atomic E-state index is 11.1. The SMILES string of the molecule is CCOC(=O)CC[C@H](O)/C=C/C=C/[C@H](O)CC1CC1. The Morgan fingerprint density at radius 2 is 1.89 bits per heavy atom. The van der Waals surface area contributed by atoms with Crippen LogP contribution in [0.2, 0.25) is 0 Å². The largest absolute Gasteiger partial charge is 0.466 e. The molecular weight excluding hydrogens is 244 g/mol. The second-order valence-electron chi connectivity index (χ2n) is 4.93. The minimum Gasteiger partial charge on any atom is -0.466 e. The molecule has 0 aromatic heterocycles. The number of rotatable bonds is 9. The molecule has 2 atom stereocenters. The molecule has 0 unspecified atom stereocenters. The lowest BCUT2D eigenvalue weighted by Gasteiger charge is -2.04. The number of carbonyl (C=O) groups excluding carboxylic acids is 1. The fourth-order valence-electron chi connectivity index (χ4n) is 1.75. The molecule has 0 heterocycles. The maximum Gasteiger partial charge on any atom is 0.305 e. The molecule has 0 aromatic rings. The van der Waals surface area contributed by atoms with Crippen molar-refractivity contribution < 1.29 is 19.7 Å². The average molecular weight is 268 g/mol. The summed E-state index contributed by atoms with van der Waals surface area (Å²) < 4.78 is 4.77. The molecule has 0 amide bonds. The van der Waals surface area contributed by atoms with Crippen molar-refractivity contribution in [3.63, 3.8) is 0 Å². The zero-order valence-corrected chi connectivity index (χ0v) is 11.5. The third-order valence-corrected chi connectivity index (χ3v) is 3.00. The van der Waals surface area contributed by atoms with Gasteiger partial charge in [-0.15, -0.1) is 0 Å². The summed E-state index contributed by atoms with van der Waals surface area (Å²) in [7, 11) is 0. The zero-order chi connectivity index (χ0) is 14.1. The van der Waals surface area contributed by atoms with Crippen LogP contribution in [0.3, 0.4) is 0 Å². The van der Waals surface area contributed by atoms with E-state index in [-0.39, 0.29) is 12.4 Å². The summed E-state index contributed by atoms with van der Waals surface area (Å²) >= 11 is 0. The minimum atomic E-state index is -0.658. The molecule has 1 aliphatic rings. The van der Waals surface area contributed by atoms with E-state index in [0.717, 1.165) is 6.42 Å². The molecule has 0 aliphatic heterocycles. The minimum absolute atomic E-state index is 0.216. The lowest BCUT2D eigenvalue weighted by Crippen LogP contribution is -2.09. The molecule has 0 spiro atoms. The molecule has 108 valence electrons. The molecule has 0 radical (unpaired) electrons. The molecule has 0 aromatic carbocycles. The van der Waals surface area contributed by atoms with Crippen molar-refractivity contribution >= 4 is 5.97 Å². The Hall–Kier alpha value is -1.13. The van der Waals surface area contributed by atoms with Crippen molar-refractivity contribution in [1.29, 1.82) is 0 Å². The van der Waals surface area contributed by atoms with Crippen molar-refractivity contribution in [1.82, 2.24) is 0 Å². The number of ether oxygens (including phenoxy) is 1. The maximum absolute atomic E-state index is 11.1. The molecule has 2 N–H and O–H groups in total. The van der Waals surface area contributed by atoms with Crippen molar-refractivity contribution in [2.24, 2.45) is 5.92 Å². The first-order chi connectivity index (χ1) is 9.11. The normalized spacial score (nSPS) is 18.9. The van der Waals surface area contributed by atoms with E-state index in [0.29, 0.717) is 18.9 Å². The Kier molecular flexibility index (Phi) is 7.45. The lowest BCUT2D eigenvalue weighted by atomic mass is 10.1. The molecule has 0 bridgehead atoms. The highest BCUT2D eigenvalue weighted by Crippen LogP contribution is 2.33. The summed E-state index contributed by atoms with van der Waals surface area (Å²) in [6.07, 6.45) is 9.58. The second-order valence-corrected chi connectivity index (χ2v) is 4.93. The summed E-state index contributed by atoms with van der Waals surface area (Å²) in [6, 6.07) is 0. The van der Waals surface area contributed by atoms with E-state index in [2.05, 4.69) is 0 Å². The van der Waals surface area contributed by atoms with Gasteiger partial charge in [0, 0.05) is 6.42 Å². The van der Waals surface area contributed by atoms with Gasteiger partial charge in [0.2, 0.25) is 0 Å². The number of carbonyl (C=O) groups is 1. The van der Waals surface area contributed by atoms with Gasteiger partial charge in [-0.25, -0.2) is 0 Å². The predicted molar refractivity (Wildman–Crippen MR) is 73.5 cm³/mol. The highest BCUT2D eigenvalue weighted by Gasteiger charge is 2.23. The summed E-state index contributed by atoms with van der Waals surface area (Å²) in [4.78, 5) is 11.1. The summed E-state index contributed by atoms with van der Waals surface area (Å²) in [5, 5.41) is 19.2. The van der Waals surface area contributed by atoms with Gasteiger partial charge < -0.3 is 14.9 Å². The summed E-state index contributed by atoms with van der Waals surface area (Å²) in [5.74, 6) is 0.407. The van der Waals surface area contributed by atoms with Crippen LogP contribution in [-0.2, 0) is 9.53 Å². The number of esters is 1. The van der Waals surface area contributed by atoms with Gasteiger partial charge in [-0.3, -0.25) is 4.79 Å². The Labute approximate surface area is 114 Å². The fraction of sp³-hybridized carbons (Fsp3) is 0.667. The predicted octanol–water partition coefficient (Wildman–Crippen LogP) is 1.96. The first-order valence-corrected chi connectivity index (χ1v) is 6.98. The molecular formula is C15H24O4. The third kappa shape index (κ3) is 8.56.